The van der Waals surface area contributed by atoms with Crippen LogP contribution in [-0.4, -0.2) is 38.4 Å². The van der Waals surface area contributed by atoms with Gasteiger partial charge in [-0.1, -0.05) is 19.2 Å². The van der Waals surface area contributed by atoms with E-state index in [1.54, 1.807) is 24.3 Å². The van der Waals surface area contributed by atoms with E-state index >= 15 is 0 Å². The maximum absolute atomic E-state index is 10.8. The van der Waals surface area contributed by atoms with Crippen LogP contribution in [0.15, 0.2) is 49.6 Å². The summed E-state index contributed by atoms with van der Waals surface area (Å²) in [5.41, 5.74) is 0. The standard InChI is InChI=1S/C16H18O6/c1-3-15(17)21-10-8-19-13-6-5-7-14(12-13)20-9-11-22-16(18)4-2/h3-7,12H,1-2,8-11H2. The third-order valence-electron chi connectivity index (χ3n) is 2.33. The Kier molecular flexibility index (Phi) is 7.89. The second-order valence-corrected chi connectivity index (χ2v) is 3.92. The SMILES string of the molecule is C=CC(=O)OCCOc1cccc(OCCOC(=O)C=C)c1. The predicted molar refractivity (Wildman–Crippen MR) is 79.7 cm³/mol. The number of esters is 2. The van der Waals surface area contributed by atoms with Crippen molar-refractivity contribution in [2.24, 2.45) is 0 Å². The highest BCUT2D eigenvalue weighted by Gasteiger charge is 2.01. The summed E-state index contributed by atoms with van der Waals surface area (Å²) in [6.07, 6.45) is 2.18. The summed E-state index contributed by atoms with van der Waals surface area (Å²) in [4.78, 5) is 21.7. The lowest BCUT2D eigenvalue weighted by atomic mass is 10.3. The molecule has 0 N–H and O–H groups in total. The van der Waals surface area contributed by atoms with Crippen molar-refractivity contribution >= 4 is 11.9 Å². The van der Waals surface area contributed by atoms with Gasteiger partial charge in [0.1, 0.15) is 37.9 Å². The van der Waals surface area contributed by atoms with E-state index in [0.29, 0.717) is 11.5 Å². The molecule has 0 unspecified atom stereocenters. The lowest BCUT2D eigenvalue weighted by molar-refractivity contribution is -0.139. The Hall–Kier alpha value is -2.76. The van der Waals surface area contributed by atoms with Gasteiger partial charge in [0, 0.05) is 18.2 Å². The number of rotatable bonds is 10. The van der Waals surface area contributed by atoms with Gasteiger partial charge in [-0.25, -0.2) is 9.59 Å². The molecule has 6 nitrogen and oxygen atoms in total. The predicted octanol–water partition coefficient (Wildman–Crippen LogP) is 1.90. The van der Waals surface area contributed by atoms with Crippen molar-refractivity contribution in [2.75, 3.05) is 26.4 Å². The van der Waals surface area contributed by atoms with Gasteiger partial charge >= 0.3 is 11.9 Å². The molecule has 0 radical (unpaired) electrons. The summed E-state index contributed by atoms with van der Waals surface area (Å²) in [7, 11) is 0. The van der Waals surface area contributed by atoms with Crippen molar-refractivity contribution in [3.8, 4) is 11.5 Å². The molecule has 0 spiro atoms. The van der Waals surface area contributed by atoms with Gasteiger partial charge in [0.25, 0.3) is 0 Å². The van der Waals surface area contributed by atoms with Crippen molar-refractivity contribution in [1.82, 2.24) is 0 Å². The van der Waals surface area contributed by atoms with Gasteiger partial charge in [0.15, 0.2) is 0 Å². The molecule has 0 saturated carbocycles. The Morgan fingerprint density at radius 3 is 1.73 bits per heavy atom. The van der Waals surface area contributed by atoms with Gasteiger partial charge in [-0.15, -0.1) is 0 Å². The summed E-state index contributed by atoms with van der Waals surface area (Å²) in [5.74, 6) is 0.176. The summed E-state index contributed by atoms with van der Waals surface area (Å²) < 4.78 is 20.4. The third kappa shape index (κ3) is 7.14. The molecule has 0 amide bonds. The van der Waals surface area contributed by atoms with E-state index < -0.39 is 11.9 Å². The minimum atomic E-state index is -0.491. The molecule has 1 aromatic rings. The summed E-state index contributed by atoms with van der Waals surface area (Å²) >= 11 is 0. The van der Waals surface area contributed by atoms with E-state index in [4.69, 9.17) is 18.9 Å². The van der Waals surface area contributed by atoms with Crippen LogP contribution in [0.25, 0.3) is 0 Å². The van der Waals surface area contributed by atoms with Crippen LogP contribution in [0.2, 0.25) is 0 Å². The third-order valence-corrected chi connectivity index (χ3v) is 2.33. The Bertz CT molecular complexity index is 480. The van der Waals surface area contributed by atoms with E-state index in [2.05, 4.69) is 13.2 Å². The van der Waals surface area contributed by atoms with Crippen LogP contribution in [0.1, 0.15) is 0 Å². The van der Waals surface area contributed by atoms with Crippen LogP contribution >= 0.6 is 0 Å². The summed E-state index contributed by atoms with van der Waals surface area (Å²) in [5, 5.41) is 0. The molecular formula is C16H18O6. The van der Waals surface area contributed by atoms with Gasteiger partial charge in [-0.3, -0.25) is 0 Å². The van der Waals surface area contributed by atoms with Crippen LogP contribution in [0, 0.1) is 0 Å². The average molecular weight is 306 g/mol. The Balaban J connectivity index is 2.29. The lowest BCUT2D eigenvalue weighted by Gasteiger charge is -2.09. The van der Waals surface area contributed by atoms with Crippen LogP contribution in [0.4, 0.5) is 0 Å². The fourth-order valence-corrected chi connectivity index (χ4v) is 1.38. The first-order valence-electron chi connectivity index (χ1n) is 6.59. The highest BCUT2D eigenvalue weighted by Crippen LogP contribution is 2.19. The van der Waals surface area contributed by atoms with Crippen LogP contribution < -0.4 is 9.47 Å². The van der Waals surface area contributed by atoms with Gasteiger partial charge in [-0.2, -0.15) is 0 Å². The number of hydrogen-bond acceptors (Lipinski definition) is 6. The molecule has 0 aromatic heterocycles. The number of carbonyl (C=O) groups excluding carboxylic acids is 2. The van der Waals surface area contributed by atoms with Crippen molar-refractivity contribution in [3.05, 3.63) is 49.6 Å². The van der Waals surface area contributed by atoms with Crippen molar-refractivity contribution in [1.29, 1.82) is 0 Å². The first kappa shape index (κ1) is 17.3. The van der Waals surface area contributed by atoms with Crippen molar-refractivity contribution < 1.29 is 28.5 Å². The molecule has 0 atom stereocenters. The van der Waals surface area contributed by atoms with Crippen molar-refractivity contribution in [3.63, 3.8) is 0 Å². The Morgan fingerprint density at radius 2 is 1.32 bits per heavy atom. The molecule has 118 valence electrons. The minimum Gasteiger partial charge on any atom is -0.490 e. The molecular weight excluding hydrogens is 288 g/mol. The summed E-state index contributed by atoms with van der Waals surface area (Å²) in [6, 6.07) is 6.95. The van der Waals surface area contributed by atoms with Crippen LogP contribution in [0.3, 0.4) is 0 Å². The molecule has 0 aliphatic heterocycles. The maximum Gasteiger partial charge on any atom is 0.330 e. The monoisotopic (exact) mass is 306 g/mol. The fraction of sp³-hybridized carbons (Fsp3) is 0.250. The largest absolute Gasteiger partial charge is 0.490 e. The zero-order chi connectivity index (χ0) is 16.2. The topological polar surface area (TPSA) is 71.1 Å². The normalized spacial score (nSPS) is 9.45. The lowest BCUT2D eigenvalue weighted by Crippen LogP contribution is -2.11. The number of hydrogen-bond donors (Lipinski definition) is 0. The molecule has 6 heteroatoms. The number of carbonyl (C=O) groups is 2. The van der Waals surface area contributed by atoms with E-state index in [9.17, 15) is 9.59 Å². The average Bonchev–Trinajstić information content (AvgIpc) is 2.55. The van der Waals surface area contributed by atoms with Crippen LogP contribution in [0.5, 0.6) is 11.5 Å². The van der Waals surface area contributed by atoms with E-state index in [0.717, 1.165) is 12.2 Å². The molecule has 1 rings (SSSR count). The molecule has 0 aliphatic carbocycles. The van der Waals surface area contributed by atoms with Gasteiger partial charge < -0.3 is 18.9 Å². The smallest absolute Gasteiger partial charge is 0.330 e. The molecule has 0 fully saturated rings. The molecule has 0 heterocycles. The molecule has 0 saturated heterocycles. The minimum absolute atomic E-state index is 0.132. The highest BCUT2D eigenvalue weighted by atomic mass is 16.6. The fourth-order valence-electron chi connectivity index (χ4n) is 1.38. The maximum atomic E-state index is 10.8. The van der Waals surface area contributed by atoms with E-state index in [1.807, 2.05) is 0 Å². The summed E-state index contributed by atoms with van der Waals surface area (Å²) in [6.45, 7) is 7.29. The number of benzene rings is 1. The van der Waals surface area contributed by atoms with Gasteiger partial charge in [0.05, 0.1) is 0 Å². The van der Waals surface area contributed by atoms with E-state index in [-0.39, 0.29) is 26.4 Å². The molecule has 0 aliphatic rings. The highest BCUT2D eigenvalue weighted by molar-refractivity contribution is 5.81. The van der Waals surface area contributed by atoms with Gasteiger partial charge in [0.2, 0.25) is 0 Å². The molecule has 22 heavy (non-hydrogen) atoms. The molecule has 1 aromatic carbocycles. The Morgan fingerprint density at radius 1 is 0.864 bits per heavy atom. The number of ether oxygens (including phenoxy) is 4. The van der Waals surface area contributed by atoms with E-state index in [1.165, 1.54) is 0 Å². The molecule has 0 bridgehead atoms. The first-order valence-corrected chi connectivity index (χ1v) is 6.59. The van der Waals surface area contributed by atoms with Crippen LogP contribution in [-0.2, 0) is 19.1 Å². The van der Waals surface area contributed by atoms with Gasteiger partial charge in [-0.05, 0) is 12.1 Å². The van der Waals surface area contributed by atoms with Crippen molar-refractivity contribution in [2.45, 2.75) is 0 Å². The quantitative estimate of drug-likeness (QED) is 0.373. The first-order chi connectivity index (χ1) is 10.7. The zero-order valence-corrected chi connectivity index (χ0v) is 12.2. The second-order valence-electron chi connectivity index (χ2n) is 3.92. The second kappa shape index (κ2) is 10.0. The Labute approximate surface area is 128 Å². The zero-order valence-electron chi connectivity index (χ0n) is 12.2.